The number of sulfonamides is 1. The number of nitriles is 1. The smallest absolute Gasteiger partial charge is 0.244 e. The Morgan fingerprint density at radius 1 is 1.48 bits per heavy atom. The zero-order valence-electron chi connectivity index (χ0n) is 13.6. The number of hydrogen-bond acceptors (Lipinski definition) is 5. The highest BCUT2D eigenvalue weighted by molar-refractivity contribution is 7.89. The number of halogens is 1. The molecule has 7 nitrogen and oxygen atoms in total. The largest absolute Gasteiger partial charge is 0.371 e. The van der Waals surface area contributed by atoms with Crippen LogP contribution in [0.2, 0.25) is 5.02 Å². The van der Waals surface area contributed by atoms with Gasteiger partial charge in [0.15, 0.2) is 0 Å². The lowest BCUT2D eigenvalue weighted by Gasteiger charge is -2.31. The van der Waals surface area contributed by atoms with E-state index >= 15 is 0 Å². The Bertz CT molecular complexity index is 920. The van der Waals surface area contributed by atoms with Gasteiger partial charge in [-0.1, -0.05) is 11.6 Å². The third kappa shape index (κ3) is 3.55. The number of aryl methyl sites for hydroxylation is 1. The summed E-state index contributed by atoms with van der Waals surface area (Å²) in [7, 11) is -3.77. The molecule has 25 heavy (non-hydrogen) atoms. The summed E-state index contributed by atoms with van der Waals surface area (Å²) in [5.74, 6) is 0. The van der Waals surface area contributed by atoms with Crippen molar-refractivity contribution in [2.75, 3.05) is 19.7 Å². The van der Waals surface area contributed by atoms with E-state index in [-0.39, 0.29) is 35.7 Å². The van der Waals surface area contributed by atoms with Crippen LogP contribution in [0.3, 0.4) is 0 Å². The highest BCUT2D eigenvalue weighted by Crippen LogP contribution is 2.30. The van der Waals surface area contributed by atoms with Crippen molar-refractivity contribution >= 4 is 21.6 Å². The topological polar surface area (TPSA) is 88.2 Å². The van der Waals surface area contributed by atoms with Gasteiger partial charge < -0.3 is 4.74 Å². The first-order chi connectivity index (χ1) is 12.0. The normalized spacial score (nSPS) is 18.8. The number of nitrogens with zero attached hydrogens (tertiary/aromatic N) is 4. The highest BCUT2D eigenvalue weighted by Gasteiger charge is 2.33. The van der Waals surface area contributed by atoms with Gasteiger partial charge in [0, 0.05) is 31.4 Å². The van der Waals surface area contributed by atoms with Crippen LogP contribution in [0.15, 0.2) is 35.5 Å². The summed E-state index contributed by atoms with van der Waals surface area (Å²) in [5, 5.41) is 13.1. The van der Waals surface area contributed by atoms with E-state index in [4.69, 9.17) is 21.6 Å². The molecule has 1 saturated heterocycles. The number of hydrogen-bond donors (Lipinski definition) is 0. The fourth-order valence-electron chi connectivity index (χ4n) is 2.68. The van der Waals surface area contributed by atoms with Crippen molar-refractivity contribution in [3.8, 4) is 6.07 Å². The average molecular weight is 381 g/mol. The van der Waals surface area contributed by atoms with Crippen LogP contribution in [-0.2, 0) is 21.3 Å². The predicted octanol–water partition coefficient (Wildman–Crippen LogP) is 2.19. The van der Waals surface area contributed by atoms with Crippen LogP contribution in [0.5, 0.6) is 0 Å². The lowest BCUT2D eigenvalue weighted by molar-refractivity contribution is -0.00260. The fraction of sp³-hybridized carbons (Fsp3) is 0.375. The zero-order valence-corrected chi connectivity index (χ0v) is 15.2. The standard InChI is InChI=1S/C16H17ClN4O3S/c1-2-20-10-13(9-19-20)15-11-21(5-6-24-15)25(22,23)16-4-3-12(8-18)7-14(16)17/h3-4,7,9-10,15H,2,5-6,11H2,1H3/t15-/m0/s1. The number of ether oxygens (including phenoxy) is 1. The van der Waals surface area contributed by atoms with Crippen LogP contribution in [0.4, 0.5) is 0 Å². The molecule has 0 spiro atoms. The molecule has 0 N–H and O–H groups in total. The summed E-state index contributed by atoms with van der Waals surface area (Å²) in [6.45, 7) is 3.43. The maximum atomic E-state index is 12.9. The van der Waals surface area contributed by atoms with Crippen LogP contribution < -0.4 is 0 Å². The number of benzene rings is 1. The number of morpholine rings is 1. The molecule has 1 aliphatic heterocycles. The van der Waals surface area contributed by atoms with Gasteiger partial charge >= 0.3 is 0 Å². The molecule has 0 unspecified atom stereocenters. The third-order valence-electron chi connectivity index (χ3n) is 4.06. The Hall–Kier alpha value is -1.92. The molecule has 0 saturated carbocycles. The molecular formula is C16H17ClN4O3S. The van der Waals surface area contributed by atoms with Gasteiger partial charge in [0.1, 0.15) is 4.90 Å². The summed E-state index contributed by atoms with van der Waals surface area (Å²) >= 11 is 6.09. The van der Waals surface area contributed by atoms with Gasteiger partial charge in [-0.05, 0) is 25.1 Å². The summed E-state index contributed by atoms with van der Waals surface area (Å²) in [4.78, 5) is -0.00179. The van der Waals surface area contributed by atoms with E-state index in [1.807, 2.05) is 19.2 Å². The molecular weight excluding hydrogens is 364 g/mol. The fourth-order valence-corrected chi connectivity index (χ4v) is 4.63. The average Bonchev–Trinajstić information content (AvgIpc) is 3.10. The van der Waals surface area contributed by atoms with Gasteiger partial charge in [-0.15, -0.1) is 0 Å². The molecule has 1 aromatic heterocycles. The Kier molecular flexibility index (Phi) is 5.11. The van der Waals surface area contributed by atoms with Gasteiger partial charge in [0.05, 0.1) is 35.6 Å². The van der Waals surface area contributed by atoms with Crippen molar-refractivity contribution in [1.29, 1.82) is 5.26 Å². The molecule has 2 aromatic rings. The number of rotatable bonds is 4. The summed E-state index contributed by atoms with van der Waals surface area (Å²) in [6, 6.07) is 6.12. The number of aromatic nitrogens is 2. The first kappa shape index (κ1) is 17.9. The first-order valence-corrected chi connectivity index (χ1v) is 9.61. The van der Waals surface area contributed by atoms with Crippen molar-refractivity contribution in [2.45, 2.75) is 24.5 Å². The van der Waals surface area contributed by atoms with Gasteiger partial charge in [0.2, 0.25) is 10.0 Å². The molecule has 132 valence electrons. The monoisotopic (exact) mass is 380 g/mol. The van der Waals surface area contributed by atoms with E-state index in [0.717, 1.165) is 12.1 Å². The second kappa shape index (κ2) is 7.14. The van der Waals surface area contributed by atoms with Crippen LogP contribution in [-0.4, -0.2) is 42.2 Å². The molecule has 1 aromatic carbocycles. The minimum Gasteiger partial charge on any atom is -0.371 e. The van der Waals surface area contributed by atoms with Gasteiger partial charge in [0.25, 0.3) is 0 Å². The molecule has 0 radical (unpaired) electrons. The Morgan fingerprint density at radius 2 is 2.28 bits per heavy atom. The lowest BCUT2D eigenvalue weighted by Crippen LogP contribution is -2.42. The second-order valence-corrected chi connectivity index (χ2v) is 7.92. The van der Waals surface area contributed by atoms with Crippen molar-refractivity contribution in [2.24, 2.45) is 0 Å². The summed E-state index contributed by atoms with van der Waals surface area (Å²) < 4.78 is 34.7. The summed E-state index contributed by atoms with van der Waals surface area (Å²) in [6.07, 6.45) is 3.18. The Balaban J connectivity index is 1.86. The maximum absolute atomic E-state index is 12.9. The minimum absolute atomic E-state index is 0.00179. The van der Waals surface area contributed by atoms with Crippen LogP contribution in [0.1, 0.15) is 24.2 Å². The second-order valence-electron chi connectivity index (χ2n) is 5.61. The first-order valence-electron chi connectivity index (χ1n) is 7.79. The van der Waals surface area contributed by atoms with Crippen LogP contribution >= 0.6 is 11.6 Å². The van der Waals surface area contributed by atoms with Crippen molar-refractivity contribution in [3.05, 3.63) is 46.7 Å². The maximum Gasteiger partial charge on any atom is 0.244 e. The van der Waals surface area contributed by atoms with Gasteiger partial charge in [-0.25, -0.2) is 8.42 Å². The molecule has 3 rings (SSSR count). The molecule has 0 amide bonds. The highest BCUT2D eigenvalue weighted by atomic mass is 35.5. The van der Waals surface area contributed by atoms with E-state index in [1.165, 1.54) is 22.5 Å². The molecule has 1 atom stereocenters. The summed E-state index contributed by atoms with van der Waals surface area (Å²) in [5.41, 5.74) is 1.16. The Morgan fingerprint density at radius 3 is 2.92 bits per heavy atom. The Labute approximate surface area is 151 Å². The molecule has 0 bridgehead atoms. The molecule has 2 heterocycles. The zero-order chi connectivity index (χ0) is 18.0. The van der Waals surface area contributed by atoms with Crippen molar-refractivity contribution < 1.29 is 13.2 Å². The lowest BCUT2D eigenvalue weighted by atomic mass is 10.2. The van der Waals surface area contributed by atoms with E-state index in [1.54, 1.807) is 10.9 Å². The van der Waals surface area contributed by atoms with E-state index < -0.39 is 10.0 Å². The van der Waals surface area contributed by atoms with E-state index in [0.29, 0.717) is 5.56 Å². The SMILES string of the molecule is CCn1cc([C@@H]2CN(S(=O)(=O)c3ccc(C#N)cc3Cl)CCO2)cn1. The van der Waals surface area contributed by atoms with E-state index in [2.05, 4.69) is 5.10 Å². The van der Waals surface area contributed by atoms with Gasteiger partial charge in [-0.3, -0.25) is 4.68 Å². The molecule has 1 aliphatic rings. The predicted molar refractivity (Wildman–Crippen MR) is 91.5 cm³/mol. The van der Waals surface area contributed by atoms with Crippen molar-refractivity contribution in [3.63, 3.8) is 0 Å². The third-order valence-corrected chi connectivity index (χ3v) is 6.41. The van der Waals surface area contributed by atoms with Crippen LogP contribution in [0, 0.1) is 11.3 Å². The minimum atomic E-state index is -3.77. The molecule has 0 aliphatic carbocycles. The van der Waals surface area contributed by atoms with Crippen molar-refractivity contribution in [1.82, 2.24) is 14.1 Å². The molecule has 1 fully saturated rings. The van der Waals surface area contributed by atoms with Crippen LogP contribution in [0.25, 0.3) is 0 Å². The quantitative estimate of drug-likeness (QED) is 0.811. The van der Waals surface area contributed by atoms with E-state index in [9.17, 15) is 8.42 Å². The van der Waals surface area contributed by atoms with Gasteiger partial charge in [-0.2, -0.15) is 14.7 Å². The molecule has 9 heteroatoms.